The van der Waals surface area contributed by atoms with Crippen molar-refractivity contribution in [2.24, 2.45) is 0 Å². The number of methoxy groups -OCH3 is 2. The first-order valence-electron chi connectivity index (χ1n) is 8.58. The van der Waals surface area contributed by atoms with Gasteiger partial charge in [0.1, 0.15) is 5.76 Å². The zero-order valence-electron chi connectivity index (χ0n) is 15.7. The van der Waals surface area contributed by atoms with Crippen LogP contribution >= 0.6 is 0 Å². The third-order valence-corrected chi connectivity index (χ3v) is 4.21. The fraction of sp³-hybridized carbons (Fsp3) is 0.190. The summed E-state index contributed by atoms with van der Waals surface area (Å²) >= 11 is 0. The van der Waals surface area contributed by atoms with Crippen LogP contribution in [-0.2, 0) is 12.7 Å². The summed E-state index contributed by atoms with van der Waals surface area (Å²) in [4.78, 5) is 12.3. The topological polar surface area (TPSA) is 60.7 Å². The number of ether oxygens (including phenoxy) is 2. The zero-order valence-corrected chi connectivity index (χ0v) is 15.7. The van der Waals surface area contributed by atoms with Crippen LogP contribution in [0.5, 0.6) is 11.5 Å². The smallest absolute Gasteiger partial charge is 0.416 e. The van der Waals surface area contributed by atoms with Crippen molar-refractivity contribution in [2.45, 2.75) is 12.7 Å². The third-order valence-electron chi connectivity index (χ3n) is 4.21. The Bertz CT molecular complexity index is 1010. The Balaban J connectivity index is 1.70. The van der Waals surface area contributed by atoms with Crippen molar-refractivity contribution in [1.29, 1.82) is 0 Å². The van der Waals surface area contributed by atoms with Crippen molar-refractivity contribution >= 4 is 5.91 Å². The molecule has 0 aliphatic rings. The zero-order chi connectivity index (χ0) is 21.0. The van der Waals surface area contributed by atoms with Gasteiger partial charge < -0.3 is 19.2 Å². The summed E-state index contributed by atoms with van der Waals surface area (Å²) in [6.07, 6.45) is -4.46. The Kier molecular flexibility index (Phi) is 5.81. The number of furan rings is 1. The summed E-state index contributed by atoms with van der Waals surface area (Å²) in [6, 6.07) is 12.8. The summed E-state index contributed by atoms with van der Waals surface area (Å²) in [5, 5.41) is 2.70. The molecule has 0 aliphatic carbocycles. The lowest BCUT2D eigenvalue weighted by Crippen LogP contribution is -2.22. The molecule has 2 aromatic carbocycles. The molecule has 0 spiro atoms. The van der Waals surface area contributed by atoms with Crippen LogP contribution in [0.2, 0.25) is 0 Å². The highest BCUT2D eigenvalue weighted by atomic mass is 19.4. The number of carbonyl (C=O) groups excluding carboxylic acids is 1. The van der Waals surface area contributed by atoms with Gasteiger partial charge in [0, 0.05) is 12.1 Å². The highest BCUT2D eigenvalue weighted by Gasteiger charge is 2.30. The van der Waals surface area contributed by atoms with Crippen molar-refractivity contribution in [3.8, 4) is 22.8 Å². The normalized spacial score (nSPS) is 11.2. The van der Waals surface area contributed by atoms with Gasteiger partial charge in [-0.25, -0.2) is 0 Å². The van der Waals surface area contributed by atoms with E-state index in [-0.39, 0.29) is 23.6 Å². The van der Waals surface area contributed by atoms with E-state index in [1.165, 1.54) is 38.5 Å². The number of benzene rings is 2. The maximum atomic E-state index is 12.9. The molecule has 0 atom stereocenters. The van der Waals surface area contributed by atoms with Crippen LogP contribution in [0.15, 0.2) is 59.0 Å². The van der Waals surface area contributed by atoms with Crippen molar-refractivity contribution in [2.75, 3.05) is 14.2 Å². The van der Waals surface area contributed by atoms with Crippen molar-refractivity contribution < 1.29 is 31.9 Å². The van der Waals surface area contributed by atoms with Gasteiger partial charge >= 0.3 is 6.18 Å². The van der Waals surface area contributed by atoms with E-state index in [1.807, 2.05) is 0 Å². The second kappa shape index (κ2) is 8.30. The van der Waals surface area contributed by atoms with Gasteiger partial charge in [-0.1, -0.05) is 18.2 Å². The van der Waals surface area contributed by atoms with Gasteiger partial charge in [0.2, 0.25) is 0 Å². The molecular formula is C21H18F3NO4. The van der Waals surface area contributed by atoms with E-state index in [1.54, 1.807) is 18.2 Å². The minimum Gasteiger partial charge on any atom is -0.493 e. The van der Waals surface area contributed by atoms with Crippen molar-refractivity contribution in [3.05, 3.63) is 71.5 Å². The van der Waals surface area contributed by atoms with E-state index in [0.29, 0.717) is 11.5 Å². The first-order valence-corrected chi connectivity index (χ1v) is 8.58. The summed E-state index contributed by atoms with van der Waals surface area (Å²) in [5.41, 5.74) is 0.227. The number of rotatable bonds is 6. The van der Waals surface area contributed by atoms with Gasteiger partial charge in [-0.2, -0.15) is 13.2 Å². The number of hydrogen-bond acceptors (Lipinski definition) is 4. The predicted octanol–water partition coefficient (Wildman–Crippen LogP) is 4.91. The second-order valence-electron chi connectivity index (χ2n) is 6.11. The molecule has 0 bridgehead atoms. The predicted molar refractivity (Wildman–Crippen MR) is 99.9 cm³/mol. The van der Waals surface area contributed by atoms with Gasteiger partial charge in [0.15, 0.2) is 17.3 Å². The highest BCUT2D eigenvalue weighted by Crippen LogP contribution is 2.32. The van der Waals surface area contributed by atoms with Crippen LogP contribution in [0.1, 0.15) is 21.7 Å². The molecule has 0 aliphatic heterocycles. The number of carbonyl (C=O) groups is 1. The van der Waals surface area contributed by atoms with E-state index in [2.05, 4.69) is 5.32 Å². The van der Waals surface area contributed by atoms with Crippen molar-refractivity contribution in [1.82, 2.24) is 5.32 Å². The standard InChI is InChI=1S/C21H18F3NO4/c1-27-17-7-6-13(10-19(17)28-2)12-25-20(26)18-9-8-16(29-18)14-4-3-5-15(11-14)21(22,23)24/h3-11H,12H2,1-2H3,(H,25,26). The molecule has 0 saturated heterocycles. The Labute approximate surface area is 165 Å². The van der Waals surface area contributed by atoms with Crippen molar-refractivity contribution in [3.63, 3.8) is 0 Å². The summed E-state index contributed by atoms with van der Waals surface area (Å²) in [5.74, 6) is 0.784. The largest absolute Gasteiger partial charge is 0.493 e. The number of amides is 1. The summed E-state index contributed by atoms with van der Waals surface area (Å²) in [7, 11) is 3.04. The lowest BCUT2D eigenvalue weighted by atomic mass is 10.1. The van der Waals surface area contributed by atoms with Crippen LogP contribution < -0.4 is 14.8 Å². The number of halogens is 3. The first kappa shape index (κ1) is 20.3. The minimum atomic E-state index is -4.46. The van der Waals surface area contributed by atoms with E-state index in [0.717, 1.165) is 17.7 Å². The fourth-order valence-corrected chi connectivity index (χ4v) is 2.72. The average molecular weight is 405 g/mol. The highest BCUT2D eigenvalue weighted by molar-refractivity contribution is 5.92. The lowest BCUT2D eigenvalue weighted by Gasteiger charge is -2.10. The molecule has 152 valence electrons. The molecule has 1 aromatic heterocycles. The van der Waals surface area contributed by atoms with E-state index in [4.69, 9.17) is 13.9 Å². The molecule has 0 radical (unpaired) electrons. The molecule has 5 nitrogen and oxygen atoms in total. The molecular weight excluding hydrogens is 387 g/mol. The van der Waals surface area contributed by atoms with Gasteiger partial charge in [-0.05, 0) is 42.0 Å². The Morgan fingerprint density at radius 1 is 1.00 bits per heavy atom. The third kappa shape index (κ3) is 4.71. The second-order valence-corrected chi connectivity index (χ2v) is 6.11. The van der Waals surface area contributed by atoms with Gasteiger partial charge in [-0.15, -0.1) is 0 Å². The molecule has 3 rings (SSSR count). The quantitative estimate of drug-likeness (QED) is 0.633. The molecule has 1 heterocycles. The monoisotopic (exact) mass is 405 g/mol. The van der Waals surface area contributed by atoms with Gasteiger partial charge in [0.05, 0.1) is 19.8 Å². The fourth-order valence-electron chi connectivity index (χ4n) is 2.72. The first-order chi connectivity index (χ1) is 13.8. The maximum absolute atomic E-state index is 12.9. The summed E-state index contributed by atoms with van der Waals surface area (Å²) in [6.45, 7) is 0.207. The molecule has 8 heteroatoms. The van der Waals surface area contributed by atoms with E-state index in [9.17, 15) is 18.0 Å². The molecule has 29 heavy (non-hydrogen) atoms. The average Bonchev–Trinajstić information content (AvgIpc) is 3.21. The summed E-state index contributed by atoms with van der Waals surface area (Å²) < 4.78 is 54.4. The Morgan fingerprint density at radius 2 is 1.76 bits per heavy atom. The molecule has 0 fully saturated rings. The molecule has 0 unspecified atom stereocenters. The molecule has 1 N–H and O–H groups in total. The lowest BCUT2D eigenvalue weighted by molar-refractivity contribution is -0.137. The molecule has 3 aromatic rings. The number of alkyl halides is 3. The van der Waals surface area contributed by atoms with Crippen LogP contribution in [-0.4, -0.2) is 20.1 Å². The Hall–Kier alpha value is -3.42. The maximum Gasteiger partial charge on any atom is 0.416 e. The van der Waals surface area contributed by atoms with E-state index >= 15 is 0 Å². The van der Waals surface area contributed by atoms with Crippen LogP contribution in [0.4, 0.5) is 13.2 Å². The number of hydrogen-bond donors (Lipinski definition) is 1. The van der Waals surface area contributed by atoms with Crippen LogP contribution in [0, 0.1) is 0 Å². The van der Waals surface area contributed by atoms with E-state index < -0.39 is 17.6 Å². The van der Waals surface area contributed by atoms with Gasteiger partial charge in [-0.3, -0.25) is 4.79 Å². The molecule has 1 amide bonds. The number of nitrogens with one attached hydrogen (secondary N) is 1. The van der Waals surface area contributed by atoms with Gasteiger partial charge in [0.25, 0.3) is 5.91 Å². The SMILES string of the molecule is COc1ccc(CNC(=O)c2ccc(-c3cccc(C(F)(F)F)c3)o2)cc1OC. The minimum absolute atomic E-state index is 0.00196. The van der Waals surface area contributed by atoms with Crippen LogP contribution in [0.25, 0.3) is 11.3 Å². The molecule has 0 saturated carbocycles. The Morgan fingerprint density at radius 3 is 2.45 bits per heavy atom. The van der Waals surface area contributed by atoms with Crippen LogP contribution in [0.3, 0.4) is 0 Å².